The summed E-state index contributed by atoms with van der Waals surface area (Å²) in [5.74, 6) is 0.884. The molecule has 8 nitrogen and oxygen atoms in total. The van der Waals surface area contributed by atoms with Crippen LogP contribution < -0.4 is 5.32 Å². The number of piperidine rings is 1. The Morgan fingerprint density at radius 2 is 1.64 bits per heavy atom. The molecule has 2 aromatic rings. The molecule has 0 radical (unpaired) electrons. The van der Waals surface area contributed by atoms with Crippen LogP contribution in [0.4, 0.5) is 0 Å². The van der Waals surface area contributed by atoms with Crippen LogP contribution in [0.25, 0.3) is 0 Å². The molecule has 44 heavy (non-hydrogen) atoms. The zero-order chi connectivity index (χ0) is 31.1. The number of amides is 1. The third-order valence-corrected chi connectivity index (χ3v) is 12.1. The Labute approximate surface area is 276 Å². The fraction of sp³-hybridized carbons (Fsp3) is 0.594. The summed E-state index contributed by atoms with van der Waals surface area (Å²) in [6, 6.07) is 14.0. The summed E-state index contributed by atoms with van der Waals surface area (Å²) in [5, 5.41) is 3.34. The minimum absolute atomic E-state index is 0.000792. The van der Waals surface area contributed by atoms with Crippen LogP contribution in [0, 0.1) is 17.8 Å². The van der Waals surface area contributed by atoms with Crippen LogP contribution in [0.1, 0.15) is 50.1 Å². The number of carbonyl (C=O) groups is 1. The minimum Gasteiger partial charge on any atom is -0.379 e. The predicted octanol–water partition coefficient (Wildman–Crippen LogP) is 6.06. The maximum absolute atomic E-state index is 13.3. The molecule has 1 saturated carbocycles. The van der Waals surface area contributed by atoms with Gasteiger partial charge in [0.2, 0.25) is 15.9 Å². The first-order chi connectivity index (χ1) is 21.2. The second-order valence-electron chi connectivity index (χ2n) is 12.2. The maximum Gasteiger partial charge on any atom is 0.246 e. The molecule has 1 aliphatic carbocycles. The van der Waals surface area contributed by atoms with E-state index in [1.807, 2.05) is 0 Å². The van der Waals surface area contributed by atoms with Crippen LogP contribution in [0.5, 0.6) is 0 Å². The van der Waals surface area contributed by atoms with Crippen molar-refractivity contribution in [1.82, 2.24) is 14.5 Å². The molecule has 2 aliphatic heterocycles. The molecule has 12 heteroatoms. The lowest BCUT2D eigenvalue weighted by atomic mass is 9.76. The molecule has 2 unspecified atom stereocenters. The number of halogens is 3. The second-order valence-corrected chi connectivity index (χ2v) is 15.3. The van der Waals surface area contributed by atoms with Crippen LogP contribution in [-0.4, -0.2) is 82.7 Å². The van der Waals surface area contributed by atoms with Gasteiger partial charge in [0.25, 0.3) is 0 Å². The quantitative estimate of drug-likeness (QED) is 0.309. The van der Waals surface area contributed by atoms with Crippen molar-refractivity contribution < 1.29 is 22.7 Å². The molecule has 2 aromatic carbocycles. The zero-order valence-electron chi connectivity index (χ0n) is 24.9. The van der Waals surface area contributed by atoms with Crippen molar-refractivity contribution in [3.63, 3.8) is 0 Å². The van der Waals surface area contributed by atoms with Gasteiger partial charge in [-0.1, -0.05) is 65.1 Å². The SMILES string of the molecule is O=C(COCC1CCCN(S(=O)(=O)c2c(Cl)cc(Cl)cc2Cl)C1)NCC1CCC(C(c2ccccc2)N2CCOCC2)CC1. The van der Waals surface area contributed by atoms with Crippen LogP contribution in [0.3, 0.4) is 0 Å². The van der Waals surface area contributed by atoms with Gasteiger partial charge in [-0.15, -0.1) is 0 Å². The Kier molecular flexibility index (Phi) is 12.3. The van der Waals surface area contributed by atoms with Crippen LogP contribution in [-0.2, 0) is 24.3 Å². The molecule has 1 amide bonds. The van der Waals surface area contributed by atoms with Crippen molar-refractivity contribution in [1.29, 1.82) is 0 Å². The highest BCUT2D eigenvalue weighted by Gasteiger charge is 2.35. The highest BCUT2D eigenvalue weighted by Crippen LogP contribution is 2.40. The molecule has 0 spiro atoms. The Balaban J connectivity index is 1.04. The van der Waals surface area contributed by atoms with E-state index < -0.39 is 10.0 Å². The topological polar surface area (TPSA) is 88.2 Å². The van der Waals surface area contributed by atoms with E-state index in [-0.39, 0.29) is 44.9 Å². The second kappa shape index (κ2) is 15.9. The fourth-order valence-corrected chi connectivity index (χ4v) is 9.96. The number of morpholine rings is 1. The van der Waals surface area contributed by atoms with E-state index in [1.54, 1.807) is 0 Å². The minimum atomic E-state index is -3.90. The van der Waals surface area contributed by atoms with E-state index in [1.165, 1.54) is 22.0 Å². The van der Waals surface area contributed by atoms with Crippen molar-refractivity contribution in [3.05, 3.63) is 63.1 Å². The first-order valence-electron chi connectivity index (χ1n) is 15.6. The fourth-order valence-electron chi connectivity index (χ4n) is 6.91. The van der Waals surface area contributed by atoms with Crippen molar-refractivity contribution in [2.24, 2.45) is 17.8 Å². The van der Waals surface area contributed by atoms with Gasteiger partial charge in [-0.05, 0) is 74.0 Å². The monoisotopic (exact) mass is 685 g/mol. The van der Waals surface area contributed by atoms with Gasteiger partial charge in [-0.2, -0.15) is 4.31 Å². The molecular formula is C32H42Cl3N3O5S. The molecule has 1 N–H and O–H groups in total. The van der Waals surface area contributed by atoms with Gasteiger partial charge in [0.1, 0.15) is 11.5 Å². The summed E-state index contributed by atoms with van der Waals surface area (Å²) in [5.41, 5.74) is 1.39. The lowest BCUT2D eigenvalue weighted by Gasteiger charge is -2.42. The van der Waals surface area contributed by atoms with E-state index in [0.29, 0.717) is 44.0 Å². The van der Waals surface area contributed by atoms with Crippen LogP contribution >= 0.6 is 34.8 Å². The molecule has 242 valence electrons. The first kappa shape index (κ1) is 33.9. The summed E-state index contributed by atoms with van der Waals surface area (Å²) >= 11 is 18.4. The van der Waals surface area contributed by atoms with Crippen molar-refractivity contribution in [3.8, 4) is 0 Å². The molecule has 0 aromatic heterocycles. The first-order valence-corrected chi connectivity index (χ1v) is 18.2. The summed E-state index contributed by atoms with van der Waals surface area (Å²) in [6.45, 7) is 5.07. The summed E-state index contributed by atoms with van der Waals surface area (Å²) in [4.78, 5) is 15.1. The molecular weight excluding hydrogens is 645 g/mol. The van der Waals surface area contributed by atoms with E-state index >= 15 is 0 Å². The smallest absolute Gasteiger partial charge is 0.246 e. The number of benzene rings is 2. The predicted molar refractivity (Wildman–Crippen MR) is 174 cm³/mol. The molecule has 0 bridgehead atoms. The van der Waals surface area contributed by atoms with Gasteiger partial charge in [0.05, 0.1) is 29.9 Å². The summed E-state index contributed by atoms with van der Waals surface area (Å²) in [6.07, 6.45) is 5.96. The summed E-state index contributed by atoms with van der Waals surface area (Å²) in [7, 11) is -3.90. The molecule has 2 atom stereocenters. The molecule has 3 aliphatic rings. The lowest BCUT2D eigenvalue weighted by Crippen LogP contribution is -2.43. The molecule has 3 fully saturated rings. The number of sulfonamides is 1. The van der Waals surface area contributed by atoms with Gasteiger partial charge < -0.3 is 14.8 Å². The number of rotatable bonds is 11. The highest BCUT2D eigenvalue weighted by atomic mass is 35.5. The average molecular weight is 687 g/mol. The van der Waals surface area contributed by atoms with E-state index in [2.05, 4.69) is 40.5 Å². The average Bonchev–Trinajstić information content (AvgIpc) is 3.01. The standard InChI is InChI=1S/C32H42Cl3N3O5S/c33-27-17-28(34)32(29(35)18-27)44(40,41)38-12-4-5-24(20-38)21-43-22-30(39)36-19-23-8-10-26(11-9-23)31(25-6-2-1-3-7-25)37-13-15-42-16-14-37/h1-3,6-7,17-18,23-24,26,31H,4-5,8-16,19-22H2,(H,36,39). The third-order valence-electron chi connectivity index (χ3n) is 9.14. The number of carbonyl (C=O) groups excluding carboxylic acids is 1. The van der Waals surface area contributed by atoms with Gasteiger partial charge >= 0.3 is 0 Å². The normalized spacial score (nSPS) is 24.6. The van der Waals surface area contributed by atoms with Crippen molar-refractivity contribution >= 4 is 50.7 Å². The van der Waals surface area contributed by atoms with Crippen molar-refractivity contribution in [2.45, 2.75) is 49.5 Å². The van der Waals surface area contributed by atoms with Gasteiger partial charge in [0, 0.05) is 43.8 Å². The van der Waals surface area contributed by atoms with E-state index in [9.17, 15) is 13.2 Å². The van der Waals surface area contributed by atoms with Gasteiger partial charge in [-0.3, -0.25) is 9.69 Å². The number of nitrogens with zero attached hydrogens (tertiary/aromatic N) is 2. The van der Waals surface area contributed by atoms with E-state index in [4.69, 9.17) is 44.3 Å². The lowest BCUT2D eigenvalue weighted by molar-refractivity contribution is -0.126. The highest BCUT2D eigenvalue weighted by molar-refractivity contribution is 7.89. The van der Waals surface area contributed by atoms with E-state index in [0.717, 1.165) is 58.4 Å². The number of hydrogen-bond acceptors (Lipinski definition) is 6. The van der Waals surface area contributed by atoms with Crippen LogP contribution in [0.2, 0.25) is 15.1 Å². The molecule has 2 saturated heterocycles. The Hall–Kier alpha value is -1.43. The number of ether oxygens (including phenoxy) is 2. The largest absolute Gasteiger partial charge is 0.379 e. The Bertz CT molecular complexity index is 1330. The maximum atomic E-state index is 13.3. The number of nitrogens with one attached hydrogen (secondary N) is 1. The summed E-state index contributed by atoms with van der Waals surface area (Å²) < 4.78 is 39.4. The van der Waals surface area contributed by atoms with Crippen molar-refractivity contribution in [2.75, 3.05) is 59.2 Å². The van der Waals surface area contributed by atoms with Gasteiger partial charge in [-0.25, -0.2) is 8.42 Å². The zero-order valence-corrected chi connectivity index (χ0v) is 28.0. The van der Waals surface area contributed by atoms with Crippen LogP contribution in [0.15, 0.2) is 47.4 Å². The Morgan fingerprint density at radius 1 is 0.955 bits per heavy atom. The van der Waals surface area contributed by atoms with Gasteiger partial charge in [0.15, 0.2) is 0 Å². The Morgan fingerprint density at radius 3 is 2.32 bits per heavy atom. The third kappa shape index (κ3) is 8.68. The molecule has 2 heterocycles. The number of hydrogen-bond donors (Lipinski definition) is 1. The molecule has 5 rings (SSSR count).